The molecule has 0 bridgehead atoms. The van der Waals surface area contributed by atoms with Crippen LogP contribution in [-0.2, 0) is 18.9 Å². The van der Waals surface area contributed by atoms with Crippen LogP contribution in [0, 0.1) is 0 Å². The second-order valence-corrected chi connectivity index (χ2v) is 11.0. The van der Waals surface area contributed by atoms with E-state index in [0.717, 1.165) is 6.42 Å². The Morgan fingerprint density at radius 2 is 1.61 bits per heavy atom. The van der Waals surface area contributed by atoms with E-state index in [4.69, 9.17) is 18.9 Å². The Bertz CT molecular complexity index is 598. The van der Waals surface area contributed by atoms with Gasteiger partial charge in [0.2, 0.25) is 0 Å². The molecule has 0 aromatic heterocycles. The van der Waals surface area contributed by atoms with Crippen LogP contribution in [0.1, 0.15) is 112 Å². The van der Waals surface area contributed by atoms with Gasteiger partial charge in [0.15, 0.2) is 0 Å². The van der Waals surface area contributed by atoms with Gasteiger partial charge < -0.3 is 18.9 Å². The Labute approximate surface area is 202 Å². The monoisotopic (exact) mass is 467 g/mol. The van der Waals surface area contributed by atoms with E-state index in [2.05, 4.69) is 19.1 Å². The predicted octanol–water partition coefficient (Wildman–Crippen LogP) is 6.97. The molecule has 2 fully saturated rings. The van der Waals surface area contributed by atoms with Crippen molar-refractivity contribution in [1.29, 1.82) is 0 Å². The minimum atomic E-state index is -0.747. The van der Waals surface area contributed by atoms with Gasteiger partial charge in [-0.05, 0) is 47.5 Å². The summed E-state index contributed by atoms with van der Waals surface area (Å²) < 4.78 is 23.3. The third-order valence-corrected chi connectivity index (χ3v) is 6.38. The van der Waals surface area contributed by atoms with Crippen molar-refractivity contribution in [1.82, 2.24) is 4.90 Å². The molecule has 0 saturated carbocycles. The highest BCUT2D eigenvalue weighted by atomic mass is 16.7. The summed E-state index contributed by atoms with van der Waals surface area (Å²) >= 11 is 0. The van der Waals surface area contributed by atoms with Gasteiger partial charge >= 0.3 is 6.09 Å². The number of amides is 1. The fraction of sp³-hybridized carbons (Fsp3) is 0.889. The molecule has 2 saturated heterocycles. The Morgan fingerprint density at radius 1 is 1.00 bits per heavy atom. The molecular weight excluding hydrogens is 418 g/mol. The molecular formula is C27H49NO5. The van der Waals surface area contributed by atoms with Crippen LogP contribution in [0.3, 0.4) is 0 Å². The number of hydrogen-bond acceptors (Lipinski definition) is 5. The minimum absolute atomic E-state index is 0.180. The third-order valence-electron chi connectivity index (χ3n) is 6.38. The summed E-state index contributed by atoms with van der Waals surface area (Å²) in [6.45, 7) is 12.3. The van der Waals surface area contributed by atoms with Crippen LogP contribution in [0.4, 0.5) is 4.79 Å². The van der Waals surface area contributed by atoms with Gasteiger partial charge in [-0.25, -0.2) is 4.79 Å². The summed E-state index contributed by atoms with van der Waals surface area (Å²) in [5.41, 5.74) is -1.31. The van der Waals surface area contributed by atoms with E-state index in [1.165, 1.54) is 64.2 Å². The number of carbonyl (C=O) groups is 1. The Balaban J connectivity index is 1.74. The number of unbranched alkanes of at least 4 members (excludes halogenated alkanes) is 10. The number of nitrogens with zero attached hydrogens (tertiary/aromatic N) is 1. The van der Waals surface area contributed by atoms with Crippen LogP contribution in [0.2, 0.25) is 0 Å². The lowest BCUT2D eigenvalue weighted by atomic mass is 10.0. The molecule has 2 aliphatic heterocycles. The smallest absolute Gasteiger partial charge is 0.412 e. The van der Waals surface area contributed by atoms with Crippen molar-refractivity contribution in [2.24, 2.45) is 0 Å². The van der Waals surface area contributed by atoms with Crippen molar-refractivity contribution in [3.8, 4) is 0 Å². The molecule has 192 valence electrons. The average molecular weight is 468 g/mol. The van der Waals surface area contributed by atoms with Gasteiger partial charge in [0, 0.05) is 0 Å². The standard InChI is InChI=1S/C27H49NO5/c1-7-8-9-10-11-12-13-14-15-16-17-18-19-23-24(31-21-30-23)22-20-32-27(5,6)28(22)25(29)33-26(2,3)4/h18-19,22-24H,7-17,20-21H2,1-6H3/b19-18-/t22-,23+,24-/m0/s1. The molecule has 2 rings (SSSR count). The molecule has 0 radical (unpaired) electrons. The van der Waals surface area contributed by atoms with Crippen LogP contribution in [0.15, 0.2) is 12.2 Å². The molecule has 33 heavy (non-hydrogen) atoms. The summed E-state index contributed by atoms with van der Waals surface area (Å²) in [5, 5.41) is 0. The average Bonchev–Trinajstić information content (AvgIpc) is 3.30. The fourth-order valence-corrected chi connectivity index (χ4v) is 4.60. The Kier molecular flexibility index (Phi) is 11.7. The first-order valence-electron chi connectivity index (χ1n) is 13.2. The van der Waals surface area contributed by atoms with Crippen LogP contribution in [-0.4, -0.2) is 54.0 Å². The first-order valence-corrected chi connectivity index (χ1v) is 13.2. The van der Waals surface area contributed by atoms with Gasteiger partial charge in [0.25, 0.3) is 0 Å². The van der Waals surface area contributed by atoms with Crippen LogP contribution in [0.25, 0.3) is 0 Å². The Morgan fingerprint density at radius 3 is 2.21 bits per heavy atom. The number of rotatable bonds is 13. The molecule has 1 amide bonds. The number of allylic oxidation sites excluding steroid dienone is 1. The zero-order chi connectivity index (χ0) is 24.3. The van der Waals surface area contributed by atoms with E-state index < -0.39 is 11.3 Å². The molecule has 0 aromatic carbocycles. The van der Waals surface area contributed by atoms with Crippen molar-refractivity contribution < 1.29 is 23.7 Å². The summed E-state index contributed by atoms with van der Waals surface area (Å²) in [6, 6.07) is -0.246. The van der Waals surface area contributed by atoms with E-state index in [1.807, 2.05) is 34.6 Å². The molecule has 3 atom stereocenters. The van der Waals surface area contributed by atoms with Crippen molar-refractivity contribution in [3.63, 3.8) is 0 Å². The van der Waals surface area contributed by atoms with Gasteiger partial charge in [-0.1, -0.05) is 76.9 Å². The summed E-state index contributed by atoms with van der Waals surface area (Å²) in [4.78, 5) is 14.6. The number of carbonyl (C=O) groups excluding carboxylic acids is 1. The molecule has 2 aliphatic rings. The van der Waals surface area contributed by atoms with Crippen molar-refractivity contribution in [2.75, 3.05) is 13.4 Å². The maximum Gasteiger partial charge on any atom is 0.412 e. The highest BCUT2D eigenvalue weighted by Crippen LogP contribution is 2.34. The zero-order valence-corrected chi connectivity index (χ0v) is 22.1. The van der Waals surface area contributed by atoms with Crippen LogP contribution >= 0.6 is 0 Å². The molecule has 0 spiro atoms. The quantitative estimate of drug-likeness (QED) is 0.216. The fourth-order valence-electron chi connectivity index (χ4n) is 4.60. The normalized spacial score (nSPS) is 25.3. The molecule has 6 heteroatoms. The highest BCUT2D eigenvalue weighted by molar-refractivity contribution is 5.70. The van der Waals surface area contributed by atoms with Crippen molar-refractivity contribution in [2.45, 2.75) is 142 Å². The lowest BCUT2D eigenvalue weighted by molar-refractivity contribution is -0.0690. The van der Waals surface area contributed by atoms with E-state index in [0.29, 0.717) is 6.61 Å². The summed E-state index contributed by atoms with van der Waals surface area (Å²) in [6.07, 6.45) is 18.0. The molecule has 0 N–H and O–H groups in total. The molecule has 0 aromatic rings. The Hall–Kier alpha value is -1.11. The van der Waals surface area contributed by atoms with Gasteiger partial charge in [0.1, 0.15) is 30.3 Å². The molecule has 0 unspecified atom stereocenters. The first-order chi connectivity index (χ1) is 15.7. The SMILES string of the molecule is CCCCCCCCCCCC/C=C\[C@H]1OCO[C@H]1[C@@H]1COC(C)(C)N1C(=O)OC(C)(C)C. The second-order valence-electron chi connectivity index (χ2n) is 11.0. The molecule has 2 heterocycles. The van der Waals surface area contributed by atoms with Crippen molar-refractivity contribution >= 4 is 6.09 Å². The molecule has 6 nitrogen and oxygen atoms in total. The zero-order valence-electron chi connectivity index (χ0n) is 22.1. The van der Waals surface area contributed by atoms with Gasteiger partial charge in [-0.15, -0.1) is 0 Å². The van der Waals surface area contributed by atoms with Gasteiger partial charge in [0.05, 0.1) is 12.6 Å². The largest absolute Gasteiger partial charge is 0.444 e. The van der Waals surface area contributed by atoms with Gasteiger partial charge in [-0.2, -0.15) is 0 Å². The lowest BCUT2D eigenvalue weighted by Crippen LogP contribution is -2.54. The van der Waals surface area contributed by atoms with E-state index in [1.54, 1.807) is 4.90 Å². The number of ether oxygens (including phenoxy) is 4. The molecule has 0 aliphatic carbocycles. The first kappa shape index (κ1) is 28.1. The topological polar surface area (TPSA) is 57.2 Å². The predicted molar refractivity (Wildman–Crippen MR) is 132 cm³/mol. The van der Waals surface area contributed by atoms with E-state index in [9.17, 15) is 4.79 Å². The van der Waals surface area contributed by atoms with Crippen LogP contribution < -0.4 is 0 Å². The summed E-state index contributed by atoms with van der Waals surface area (Å²) in [7, 11) is 0. The maximum absolute atomic E-state index is 12.9. The highest BCUT2D eigenvalue weighted by Gasteiger charge is 2.51. The van der Waals surface area contributed by atoms with E-state index in [-0.39, 0.29) is 31.1 Å². The van der Waals surface area contributed by atoms with Crippen molar-refractivity contribution in [3.05, 3.63) is 12.2 Å². The van der Waals surface area contributed by atoms with E-state index >= 15 is 0 Å². The number of hydrogen-bond donors (Lipinski definition) is 0. The van der Waals surface area contributed by atoms with Crippen LogP contribution in [0.5, 0.6) is 0 Å². The lowest BCUT2D eigenvalue weighted by Gasteiger charge is -2.37. The van der Waals surface area contributed by atoms with Gasteiger partial charge in [-0.3, -0.25) is 4.90 Å². The minimum Gasteiger partial charge on any atom is -0.444 e. The third kappa shape index (κ3) is 9.58. The maximum atomic E-state index is 12.9. The summed E-state index contributed by atoms with van der Waals surface area (Å²) in [5.74, 6) is 0. The second kappa shape index (κ2) is 13.7.